The van der Waals surface area contributed by atoms with Crippen LogP contribution in [0.4, 0.5) is 0 Å². The van der Waals surface area contributed by atoms with Gasteiger partial charge in [0.2, 0.25) is 0 Å². The molecule has 0 aromatic carbocycles. The highest BCUT2D eigenvalue weighted by Gasteiger charge is 2.03. The van der Waals surface area contributed by atoms with E-state index < -0.39 is 0 Å². The molecule has 40 heavy (non-hydrogen) atoms. The van der Waals surface area contributed by atoms with Crippen molar-refractivity contribution < 1.29 is 19.7 Å². The number of unbranched alkanes of at least 4 members (excludes halogenated alkanes) is 17. The van der Waals surface area contributed by atoms with Gasteiger partial charge in [-0.05, 0) is 64.2 Å². The first-order chi connectivity index (χ1) is 19.6. The van der Waals surface area contributed by atoms with Crippen LogP contribution in [-0.2, 0) is 9.53 Å². The van der Waals surface area contributed by atoms with Crippen molar-refractivity contribution in [2.75, 3.05) is 6.61 Å². The summed E-state index contributed by atoms with van der Waals surface area (Å²) in [5.74, 6) is -0.0333. The molecule has 0 heterocycles. The van der Waals surface area contributed by atoms with Gasteiger partial charge in [-0.25, -0.2) is 0 Å². The molecule has 0 radical (unpaired) electrons. The maximum absolute atomic E-state index is 11.9. The van der Waals surface area contributed by atoms with E-state index in [1.807, 2.05) is 0 Å². The van der Waals surface area contributed by atoms with Gasteiger partial charge in [-0.3, -0.25) is 4.79 Å². The molecule has 0 amide bonds. The molecule has 0 rings (SSSR count). The van der Waals surface area contributed by atoms with Crippen LogP contribution in [0.3, 0.4) is 0 Å². The van der Waals surface area contributed by atoms with Gasteiger partial charge in [-0.1, -0.05) is 134 Å². The number of ether oxygens (including phenoxy) is 1. The van der Waals surface area contributed by atoms with Gasteiger partial charge in [0.25, 0.3) is 0 Å². The Balaban J connectivity index is 3.35. The lowest BCUT2D eigenvalue weighted by atomic mass is 10.1. The Bertz CT molecular complexity index is 571. The third-order valence-electron chi connectivity index (χ3n) is 7.71. The largest absolute Gasteiger partial charge is 0.466 e. The second-order valence-corrected chi connectivity index (χ2v) is 11.9. The van der Waals surface area contributed by atoms with Crippen LogP contribution in [0.2, 0.25) is 0 Å². The van der Waals surface area contributed by atoms with Crippen LogP contribution in [0.1, 0.15) is 181 Å². The van der Waals surface area contributed by atoms with Crippen molar-refractivity contribution in [2.24, 2.45) is 0 Å². The van der Waals surface area contributed by atoms with Crippen molar-refractivity contribution in [1.29, 1.82) is 0 Å². The van der Waals surface area contributed by atoms with Crippen molar-refractivity contribution in [3.63, 3.8) is 0 Å². The third-order valence-corrected chi connectivity index (χ3v) is 7.71. The lowest BCUT2D eigenvalue weighted by Crippen LogP contribution is -2.05. The average molecular weight is 565 g/mol. The van der Waals surface area contributed by atoms with Gasteiger partial charge >= 0.3 is 5.97 Å². The molecule has 0 saturated heterocycles. The first-order valence-electron chi connectivity index (χ1n) is 17.4. The minimum absolute atomic E-state index is 0.0333. The second-order valence-electron chi connectivity index (χ2n) is 11.9. The van der Waals surface area contributed by atoms with Crippen molar-refractivity contribution in [2.45, 2.75) is 193 Å². The predicted octanol–water partition coefficient (Wildman–Crippen LogP) is 10.5. The van der Waals surface area contributed by atoms with Gasteiger partial charge < -0.3 is 14.9 Å². The zero-order valence-corrected chi connectivity index (χ0v) is 26.8. The first-order valence-corrected chi connectivity index (χ1v) is 17.4. The van der Waals surface area contributed by atoms with E-state index in [2.05, 4.69) is 38.2 Å². The van der Waals surface area contributed by atoms with Crippen molar-refractivity contribution in [3.8, 4) is 0 Å². The fourth-order valence-corrected chi connectivity index (χ4v) is 4.98. The van der Waals surface area contributed by atoms with Crippen LogP contribution in [0.5, 0.6) is 0 Å². The van der Waals surface area contributed by atoms with Gasteiger partial charge in [-0.15, -0.1) is 0 Å². The Labute approximate surface area is 249 Å². The molecule has 0 saturated carbocycles. The number of rotatable bonds is 31. The Morgan fingerprint density at radius 3 is 1.48 bits per heavy atom. The summed E-state index contributed by atoms with van der Waals surface area (Å²) >= 11 is 0. The van der Waals surface area contributed by atoms with Crippen LogP contribution in [0, 0.1) is 0 Å². The quantitative estimate of drug-likeness (QED) is 0.0499. The van der Waals surface area contributed by atoms with Crippen LogP contribution in [0.15, 0.2) is 24.3 Å². The second kappa shape index (κ2) is 32.4. The van der Waals surface area contributed by atoms with E-state index >= 15 is 0 Å². The lowest BCUT2D eigenvalue weighted by Gasteiger charge is -2.07. The predicted molar refractivity (Wildman–Crippen MR) is 173 cm³/mol. The maximum Gasteiger partial charge on any atom is 0.305 e. The van der Waals surface area contributed by atoms with Crippen LogP contribution in [0.25, 0.3) is 0 Å². The average Bonchev–Trinajstić information content (AvgIpc) is 2.95. The van der Waals surface area contributed by atoms with E-state index in [9.17, 15) is 15.0 Å². The number of hydrogen-bond donors (Lipinski definition) is 2. The lowest BCUT2D eigenvalue weighted by molar-refractivity contribution is -0.143. The molecule has 0 aliphatic heterocycles. The number of allylic oxidation sites excluding steroid dienone is 2. The van der Waals surface area contributed by atoms with Gasteiger partial charge in [-0.2, -0.15) is 0 Å². The molecule has 0 aliphatic rings. The zero-order valence-electron chi connectivity index (χ0n) is 26.8. The first kappa shape index (κ1) is 38.9. The summed E-state index contributed by atoms with van der Waals surface area (Å²) < 4.78 is 5.40. The molecule has 0 spiro atoms. The van der Waals surface area contributed by atoms with Gasteiger partial charge in [0.05, 0.1) is 18.8 Å². The summed E-state index contributed by atoms with van der Waals surface area (Å²) in [7, 11) is 0. The Morgan fingerprint density at radius 2 is 0.975 bits per heavy atom. The fourth-order valence-electron chi connectivity index (χ4n) is 4.98. The highest BCUT2D eigenvalue weighted by atomic mass is 16.5. The highest BCUT2D eigenvalue weighted by Crippen LogP contribution is 2.13. The zero-order chi connectivity index (χ0) is 29.4. The Hall–Kier alpha value is -1.13. The number of aliphatic hydroxyl groups is 2. The SMILES string of the molecule is CCCCCCC(O)CC=CCCCCCCCCOC(=O)CCCCCCCC=CCC(O)CCCCCC. The monoisotopic (exact) mass is 565 g/mol. The molecule has 2 unspecified atom stereocenters. The molecule has 0 aromatic heterocycles. The minimum Gasteiger partial charge on any atom is -0.466 e. The molecule has 0 aromatic rings. The molecular weight excluding hydrogens is 496 g/mol. The molecule has 2 N–H and O–H groups in total. The van der Waals surface area contributed by atoms with Crippen LogP contribution in [-0.4, -0.2) is 35.0 Å². The fraction of sp³-hybridized carbons (Fsp3) is 0.861. The smallest absolute Gasteiger partial charge is 0.305 e. The van der Waals surface area contributed by atoms with E-state index in [4.69, 9.17) is 4.74 Å². The molecule has 4 nitrogen and oxygen atoms in total. The highest BCUT2D eigenvalue weighted by molar-refractivity contribution is 5.69. The van der Waals surface area contributed by atoms with Crippen LogP contribution < -0.4 is 0 Å². The van der Waals surface area contributed by atoms with Gasteiger partial charge in [0.15, 0.2) is 0 Å². The summed E-state index contributed by atoms with van der Waals surface area (Å²) in [6.45, 7) is 5.00. The standard InChI is InChI=1S/C36H68O4/c1-3-5-7-22-28-34(37)30-24-18-14-10-9-13-17-21-27-33-40-36(39)32-26-20-16-12-11-15-19-25-31-35(38)29-23-8-6-4-2/h18-19,24-25,34-35,37-38H,3-17,20-23,26-33H2,1-2H3. The van der Waals surface area contributed by atoms with E-state index in [1.54, 1.807) is 0 Å². The summed E-state index contributed by atoms with van der Waals surface area (Å²) in [6, 6.07) is 0. The van der Waals surface area contributed by atoms with E-state index in [0.717, 1.165) is 77.0 Å². The van der Waals surface area contributed by atoms with Gasteiger partial charge in [0, 0.05) is 6.42 Å². The maximum atomic E-state index is 11.9. The minimum atomic E-state index is -0.173. The summed E-state index contributed by atoms with van der Waals surface area (Å²) in [5.41, 5.74) is 0. The Morgan fingerprint density at radius 1 is 0.550 bits per heavy atom. The van der Waals surface area contributed by atoms with Crippen molar-refractivity contribution in [1.82, 2.24) is 0 Å². The molecule has 4 heteroatoms. The molecule has 0 aliphatic carbocycles. The van der Waals surface area contributed by atoms with Crippen molar-refractivity contribution >= 4 is 5.97 Å². The van der Waals surface area contributed by atoms with E-state index in [1.165, 1.54) is 83.5 Å². The molecule has 0 fully saturated rings. The third kappa shape index (κ3) is 31.4. The Kier molecular flexibility index (Phi) is 31.5. The van der Waals surface area contributed by atoms with Gasteiger partial charge in [0.1, 0.15) is 0 Å². The molecule has 0 bridgehead atoms. The number of hydrogen-bond acceptors (Lipinski definition) is 4. The summed E-state index contributed by atoms with van der Waals surface area (Å²) in [5, 5.41) is 20.0. The number of carbonyl (C=O) groups is 1. The normalized spacial score (nSPS) is 13.4. The molecular formula is C36H68O4. The van der Waals surface area contributed by atoms with E-state index in [0.29, 0.717) is 13.0 Å². The summed E-state index contributed by atoms with van der Waals surface area (Å²) in [4.78, 5) is 11.9. The van der Waals surface area contributed by atoms with Crippen molar-refractivity contribution in [3.05, 3.63) is 24.3 Å². The topological polar surface area (TPSA) is 66.8 Å². The number of esters is 1. The molecule has 236 valence electrons. The molecule has 2 atom stereocenters. The summed E-state index contributed by atoms with van der Waals surface area (Å²) in [6.07, 6.45) is 37.1. The number of carbonyl (C=O) groups excluding carboxylic acids is 1. The van der Waals surface area contributed by atoms with Crippen LogP contribution >= 0.6 is 0 Å². The van der Waals surface area contributed by atoms with E-state index in [-0.39, 0.29) is 18.2 Å². The number of aliphatic hydroxyl groups excluding tert-OH is 2.